The zero-order valence-corrected chi connectivity index (χ0v) is 14.6. The molecule has 21 heavy (non-hydrogen) atoms. The van der Waals surface area contributed by atoms with Crippen molar-refractivity contribution >= 4 is 29.4 Å². The molecule has 1 aromatic carbocycles. The molecule has 1 unspecified atom stereocenters. The maximum Gasteiger partial charge on any atom is 0.442 e. The van der Waals surface area contributed by atoms with Crippen molar-refractivity contribution in [3.63, 3.8) is 0 Å². The predicted molar refractivity (Wildman–Crippen MR) is 86.7 cm³/mol. The van der Waals surface area contributed by atoms with Crippen LogP contribution in [0.4, 0.5) is 13.2 Å². The quantitative estimate of drug-likeness (QED) is 0.507. The number of rotatable bonds is 1. The highest BCUT2D eigenvalue weighted by atomic mass is 79.9. The van der Waals surface area contributed by atoms with Crippen LogP contribution < -0.4 is 0 Å². The summed E-state index contributed by atoms with van der Waals surface area (Å²) in [6.45, 7) is 6.08. The van der Waals surface area contributed by atoms with Gasteiger partial charge in [0.1, 0.15) is 0 Å². The molecule has 0 radical (unpaired) electrons. The van der Waals surface area contributed by atoms with Crippen molar-refractivity contribution < 1.29 is 13.2 Å². The summed E-state index contributed by atoms with van der Waals surface area (Å²) >= 11 is 3.16. The molecule has 0 N–H and O–H groups in total. The molecule has 2 aliphatic rings. The van der Waals surface area contributed by atoms with E-state index in [0.29, 0.717) is 9.80 Å². The molecule has 0 spiro atoms. The summed E-state index contributed by atoms with van der Waals surface area (Å²) in [5.74, 6) is 0.103. The van der Waals surface area contributed by atoms with Gasteiger partial charge in [-0.1, -0.05) is 32.9 Å². The first-order valence-electron chi connectivity index (χ1n) is 7.00. The smallest absolute Gasteiger partial charge is 0.160 e. The summed E-state index contributed by atoms with van der Waals surface area (Å²) in [6, 6.07) is 5.56. The lowest BCUT2D eigenvalue weighted by atomic mass is 9.86. The molecule has 1 heterocycles. The van der Waals surface area contributed by atoms with Gasteiger partial charge in [-0.25, -0.2) is 0 Å². The van der Waals surface area contributed by atoms with Crippen LogP contribution >= 0.6 is 23.3 Å². The lowest BCUT2D eigenvalue weighted by molar-refractivity contribution is -0.0356. The van der Waals surface area contributed by atoms with Crippen molar-refractivity contribution in [1.29, 1.82) is 0 Å². The molecule has 1 aliphatic heterocycles. The summed E-state index contributed by atoms with van der Waals surface area (Å²) < 4.78 is 41.5. The van der Waals surface area contributed by atoms with E-state index >= 15 is 0 Å². The molecule has 5 heteroatoms. The van der Waals surface area contributed by atoms with Gasteiger partial charge >= 0.3 is 5.51 Å². The third kappa shape index (κ3) is 2.37. The molecule has 1 aromatic rings. The summed E-state index contributed by atoms with van der Waals surface area (Å²) in [6.07, 6.45) is 3.53. The minimum absolute atomic E-state index is 0.103. The van der Waals surface area contributed by atoms with Crippen molar-refractivity contribution in [3.05, 3.63) is 34.2 Å². The van der Waals surface area contributed by atoms with Crippen molar-refractivity contribution in [2.75, 3.05) is 0 Å². The Balaban J connectivity index is 2.18. The fraction of sp³-hybridized carbons (Fsp3) is 0.500. The molecule has 0 bridgehead atoms. The Labute approximate surface area is 132 Å². The molecule has 1 atom stereocenters. The maximum atomic E-state index is 13.8. The topological polar surface area (TPSA) is 0 Å². The van der Waals surface area contributed by atoms with Gasteiger partial charge in [-0.05, 0) is 75.6 Å². The molecular formula is C16H18BrF3S. The number of alkyl halides is 3. The average Bonchev–Trinajstić information content (AvgIpc) is 3.12. The first-order valence-corrected chi connectivity index (χ1v) is 10.5. The number of benzene rings is 1. The fourth-order valence-electron chi connectivity index (χ4n) is 2.70. The van der Waals surface area contributed by atoms with Gasteiger partial charge in [-0.3, -0.25) is 0 Å². The normalized spacial score (nSPS) is 28.8. The Kier molecular flexibility index (Phi) is 3.35. The highest BCUT2D eigenvalue weighted by Crippen LogP contribution is 2.83. The third-order valence-electron chi connectivity index (χ3n) is 4.10. The van der Waals surface area contributed by atoms with E-state index in [4.69, 9.17) is 0 Å². The summed E-state index contributed by atoms with van der Waals surface area (Å²) in [4.78, 5) is 1.00. The van der Waals surface area contributed by atoms with E-state index in [1.54, 1.807) is 12.1 Å². The Bertz CT molecular complexity index is 623. The van der Waals surface area contributed by atoms with Crippen molar-refractivity contribution in [1.82, 2.24) is 0 Å². The maximum absolute atomic E-state index is 13.8. The molecular weight excluding hydrogens is 361 g/mol. The lowest BCUT2D eigenvalue weighted by Gasteiger charge is -2.36. The van der Waals surface area contributed by atoms with Crippen molar-refractivity contribution in [3.8, 4) is 0 Å². The second-order valence-corrected chi connectivity index (χ2v) is 12.2. The van der Waals surface area contributed by atoms with Crippen LogP contribution in [0.25, 0.3) is 6.08 Å². The number of fused-ring (bicyclic) bond motifs is 1. The van der Waals surface area contributed by atoms with Gasteiger partial charge in [0.05, 0.1) is 0 Å². The van der Waals surface area contributed by atoms with Crippen molar-refractivity contribution in [2.45, 2.75) is 49.4 Å². The summed E-state index contributed by atoms with van der Waals surface area (Å²) in [5, 5.41) is 0. The van der Waals surface area contributed by atoms with E-state index in [9.17, 15) is 13.2 Å². The zero-order valence-electron chi connectivity index (χ0n) is 12.2. The first kappa shape index (κ1) is 15.5. The van der Waals surface area contributed by atoms with Gasteiger partial charge in [0, 0.05) is 4.90 Å². The Morgan fingerprint density at radius 3 is 2.24 bits per heavy atom. The minimum Gasteiger partial charge on any atom is -0.160 e. The van der Waals surface area contributed by atoms with Crippen LogP contribution in [0.2, 0.25) is 0 Å². The van der Waals surface area contributed by atoms with E-state index in [1.165, 1.54) is 0 Å². The SMILES string of the molecule is CC(C)(C)c1ccc2c(c1)S(Br)(C(F)(F)F)C(C1CC1)=C2. The van der Waals surface area contributed by atoms with E-state index < -0.39 is 14.0 Å². The summed E-state index contributed by atoms with van der Waals surface area (Å²) in [5.41, 5.74) is -2.72. The lowest BCUT2D eigenvalue weighted by Crippen LogP contribution is -2.18. The minimum atomic E-state index is -4.25. The molecule has 3 rings (SSSR count). The van der Waals surface area contributed by atoms with Gasteiger partial charge in [0.25, 0.3) is 0 Å². The van der Waals surface area contributed by atoms with E-state index in [1.807, 2.05) is 32.9 Å². The van der Waals surface area contributed by atoms with Crippen LogP contribution in [0, 0.1) is 5.92 Å². The number of hydrogen-bond donors (Lipinski definition) is 0. The molecule has 1 fully saturated rings. The van der Waals surface area contributed by atoms with Crippen molar-refractivity contribution in [2.24, 2.45) is 5.92 Å². The Morgan fingerprint density at radius 1 is 1.14 bits per heavy atom. The standard InChI is InChI=1S/C16H18BrF3S/c1-15(2,3)12-7-6-11-8-13(10-4-5-10)21(17,14(11)9-12)16(18,19)20/h6-10H,4-5H2,1-3H3. The highest BCUT2D eigenvalue weighted by molar-refractivity contribution is 9.59. The van der Waals surface area contributed by atoms with Crippen LogP contribution in [-0.2, 0) is 5.41 Å². The van der Waals surface area contributed by atoms with E-state index in [-0.39, 0.29) is 11.3 Å². The molecule has 0 aromatic heterocycles. The van der Waals surface area contributed by atoms with Crippen LogP contribution in [0.5, 0.6) is 0 Å². The molecule has 1 aliphatic carbocycles. The zero-order chi connectivity index (χ0) is 15.6. The van der Waals surface area contributed by atoms with Crippen LogP contribution in [0.3, 0.4) is 0 Å². The van der Waals surface area contributed by atoms with Gasteiger partial charge in [0.2, 0.25) is 0 Å². The van der Waals surface area contributed by atoms with Crippen LogP contribution in [0.1, 0.15) is 44.7 Å². The Hall–Kier alpha value is -0.420. The second-order valence-electron chi connectivity index (χ2n) is 6.81. The number of allylic oxidation sites excluding steroid dienone is 1. The Morgan fingerprint density at radius 2 is 1.76 bits per heavy atom. The number of hydrogen-bond acceptors (Lipinski definition) is 0. The molecule has 0 saturated heterocycles. The molecule has 1 saturated carbocycles. The molecule has 0 amide bonds. The monoisotopic (exact) mass is 378 g/mol. The largest absolute Gasteiger partial charge is 0.442 e. The fourth-order valence-corrected chi connectivity index (χ4v) is 7.11. The first-order chi connectivity index (χ1) is 9.55. The predicted octanol–water partition coefficient (Wildman–Crippen LogP) is 6.74. The van der Waals surface area contributed by atoms with E-state index in [0.717, 1.165) is 24.0 Å². The number of halogens is 4. The van der Waals surface area contributed by atoms with Gasteiger partial charge in [-0.2, -0.15) is 13.2 Å². The molecule has 0 nitrogen and oxygen atoms in total. The van der Waals surface area contributed by atoms with Crippen LogP contribution in [0.15, 0.2) is 28.0 Å². The molecule has 116 valence electrons. The van der Waals surface area contributed by atoms with Gasteiger partial charge in [-0.15, -0.1) is 0 Å². The van der Waals surface area contributed by atoms with Gasteiger partial charge in [0.15, 0.2) is 0 Å². The highest BCUT2D eigenvalue weighted by Gasteiger charge is 2.58. The van der Waals surface area contributed by atoms with Gasteiger partial charge < -0.3 is 0 Å². The summed E-state index contributed by atoms with van der Waals surface area (Å²) in [7, 11) is -3.07. The average molecular weight is 379 g/mol. The second kappa shape index (κ2) is 4.54. The third-order valence-corrected chi connectivity index (χ3v) is 10.1. The van der Waals surface area contributed by atoms with Crippen LogP contribution in [-0.4, -0.2) is 5.51 Å². The van der Waals surface area contributed by atoms with E-state index in [2.05, 4.69) is 14.8 Å².